The van der Waals surface area contributed by atoms with Crippen LogP contribution in [0.4, 0.5) is 5.69 Å². The summed E-state index contributed by atoms with van der Waals surface area (Å²) < 4.78 is 5.67. The van der Waals surface area contributed by atoms with Gasteiger partial charge < -0.3 is 10.1 Å². The predicted molar refractivity (Wildman–Crippen MR) is 58.4 cm³/mol. The van der Waals surface area contributed by atoms with Gasteiger partial charge in [-0.15, -0.1) is 0 Å². The smallest absolute Gasteiger partial charge is 0.139 e. The maximum absolute atomic E-state index is 5.67. The van der Waals surface area contributed by atoms with Gasteiger partial charge in [0.05, 0.1) is 0 Å². The molecule has 0 bridgehead atoms. The van der Waals surface area contributed by atoms with E-state index in [1.54, 1.807) is 0 Å². The first-order chi connectivity index (χ1) is 6.74. The van der Waals surface area contributed by atoms with E-state index in [2.05, 4.69) is 36.5 Å². The highest BCUT2D eigenvalue weighted by Crippen LogP contribution is 2.39. The highest BCUT2D eigenvalue weighted by Gasteiger charge is 2.43. The summed E-state index contributed by atoms with van der Waals surface area (Å²) in [5.74, 6) is 0. The van der Waals surface area contributed by atoms with Crippen LogP contribution in [-0.2, 0) is 4.74 Å². The Morgan fingerprint density at radius 1 is 1.43 bits per heavy atom. The summed E-state index contributed by atoms with van der Waals surface area (Å²) in [7, 11) is 0. The summed E-state index contributed by atoms with van der Waals surface area (Å²) in [4.78, 5) is 0. The van der Waals surface area contributed by atoms with Crippen LogP contribution in [0, 0.1) is 6.92 Å². The molecule has 0 aromatic heterocycles. The molecule has 1 aliphatic rings. The Morgan fingerprint density at radius 3 is 2.79 bits per heavy atom. The summed E-state index contributed by atoms with van der Waals surface area (Å²) in [6.45, 7) is 4.92. The molecule has 1 aromatic carbocycles. The molecule has 0 radical (unpaired) electrons. The first-order valence-corrected chi connectivity index (χ1v) is 5.23. The maximum atomic E-state index is 5.67. The highest BCUT2D eigenvalue weighted by atomic mass is 16.5. The van der Waals surface area contributed by atoms with E-state index in [0.717, 1.165) is 25.1 Å². The quantitative estimate of drug-likeness (QED) is 0.739. The lowest BCUT2D eigenvalue weighted by atomic mass is 10.2. The molecule has 0 aliphatic heterocycles. The van der Waals surface area contributed by atoms with Gasteiger partial charge in [-0.25, -0.2) is 0 Å². The Bertz CT molecular complexity index is 318. The lowest BCUT2D eigenvalue weighted by molar-refractivity contribution is 0.0632. The van der Waals surface area contributed by atoms with Crippen molar-refractivity contribution >= 4 is 5.69 Å². The number of benzene rings is 1. The Kier molecular flexibility index (Phi) is 2.46. The van der Waals surface area contributed by atoms with E-state index < -0.39 is 0 Å². The molecule has 1 aliphatic carbocycles. The van der Waals surface area contributed by atoms with Gasteiger partial charge in [0, 0.05) is 12.3 Å². The van der Waals surface area contributed by atoms with Gasteiger partial charge in [-0.05, 0) is 44.4 Å². The van der Waals surface area contributed by atoms with Crippen molar-refractivity contribution in [2.45, 2.75) is 32.4 Å². The topological polar surface area (TPSA) is 21.3 Å². The molecule has 2 heteroatoms. The van der Waals surface area contributed by atoms with E-state index in [4.69, 9.17) is 4.74 Å². The van der Waals surface area contributed by atoms with E-state index >= 15 is 0 Å². The van der Waals surface area contributed by atoms with Crippen molar-refractivity contribution in [1.82, 2.24) is 0 Å². The maximum Gasteiger partial charge on any atom is 0.139 e. The van der Waals surface area contributed by atoms with Crippen molar-refractivity contribution in [2.75, 3.05) is 11.9 Å². The van der Waals surface area contributed by atoms with Crippen LogP contribution in [0.15, 0.2) is 24.3 Å². The Labute approximate surface area is 85.3 Å². The van der Waals surface area contributed by atoms with Gasteiger partial charge in [0.1, 0.15) is 5.72 Å². The molecule has 0 amide bonds. The number of aryl methyl sites for hydroxylation is 1. The number of ether oxygens (including phenoxy) is 1. The second-order valence-corrected chi connectivity index (χ2v) is 3.92. The zero-order valence-electron chi connectivity index (χ0n) is 8.84. The van der Waals surface area contributed by atoms with Crippen LogP contribution in [0.5, 0.6) is 0 Å². The van der Waals surface area contributed by atoms with Crippen LogP contribution in [-0.4, -0.2) is 12.3 Å². The molecule has 76 valence electrons. The average molecular weight is 191 g/mol. The van der Waals surface area contributed by atoms with E-state index in [9.17, 15) is 0 Å². The third-order valence-corrected chi connectivity index (χ3v) is 2.51. The molecule has 1 aromatic rings. The second-order valence-electron chi connectivity index (χ2n) is 3.92. The van der Waals surface area contributed by atoms with Crippen molar-refractivity contribution in [3.8, 4) is 0 Å². The van der Waals surface area contributed by atoms with Gasteiger partial charge in [-0.2, -0.15) is 0 Å². The Balaban J connectivity index is 2.03. The van der Waals surface area contributed by atoms with Gasteiger partial charge in [-0.3, -0.25) is 0 Å². The largest absolute Gasteiger partial charge is 0.358 e. The van der Waals surface area contributed by atoms with Crippen molar-refractivity contribution in [2.24, 2.45) is 0 Å². The lowest BCUT2D eigenvalue weighted by Gasteiger charge is -2.18. The molecule has 0 heterocycles. The lowest BCUT2D eigenvalue weighted by Crippen LogP contribution is -2.24. The Hall–Kier alpha value is -1.02. The van der Waals surface area contributed by atoms with Gasteiger partial charge in [0.15, 0.2) is 0 Å². The normalized spacial score (nSPS) is 17.9. The molecule has 1 N–H and O–H groups in total. The van der Waals surface area contributed by atoms with Crippen molar-refractivity contribution < 1.29 is 4.74 Å². The molecule has 0 saturated heterocycles. The molecule has 0 spiro atoms. The van der Waals surface area contributed by atoms with Crippen LogP contribution >= 0.6 is 0 Å². The van der Waals surface area contributed by atoms with Gasteiger partial charge in [0.2, 0.25) is 0 Å². The zero-order chi connectivity index (χ0) is 10.0. The predicted octanol–water partition coefficient (Wildman–Crippen LogP) is 2.93. The van der Waals surface area contributed by atoms with Crippen LogP contribution in [0.3, 0.4) is 0 Å². The molecule has 1 saturated carbocycles. The van der Waals surface area contributed by atoms with Crippen molar-refractivity contribution in [1.29, 1.82) is 0 Å². The number of nitrogens with one attached hydrogen (secondary N) is 1. The molecular formula is C12H17NO. The molecule has 2 nitrogen and oxygen atoms in total. The first-order valence-electron chi connectivity index (χ1n) is 5.23. The van der Waals surface area contributed by atoms with Crippen LogP contribution in [0.25, 0.3) is 0 Å². The number of anilines is 1. The number of hydrogen-bond acceptors (Lipinski definition) is 2. The van der Waals surface area contributed by atoms with Gasteiger partial charge in [-0.1, -0.05) is 12.1 Å². The van der Waals surface area contributed by atoms with E-state index in [0.29, 0.717) is 0 Å². The summed E-state index contributed by atoms with van der Waals surface area (Å²) >= 11 is 0. The highest BCUT2D eigenvalue weighted by molar-refractivity contribution is 5.48. The van der Waals surface area contributed by atoms with Gasteiger partial charge >= 0.3 is 0 Å². The number of rotatable bonds is 4. The van der Waals surface area contributed by atoms with Crippen molar-refractivity contribution in [3.05, 3.63) is 29.8 Å². The molecule has 0 unspecified atom stereocenters. The number of hydrogen-bond donors (Lipinski definition) is 1. The standard InChI is InChI=1S/C12H17NO/c1-3-14-12(7-8-12)13-11-6-4-5-10(2)9-11/h4-6,9,13H,3,7-8H2,1-2H3. The molecule has 0 atom stereocenters. The van der Waals surface area contributed by atoms with E-state index in [1.807, 2.05) is 6.92 Å². The fourth-order valence-electron chi connectivity index (χ4n) is 1.68. The van der Waals surface area contributed by atoms with Crippen molar-refractivity contribution in [3.63, 3.8) is 0 Å². The minimum absolute atomic E-state index is 0.0530. The van der Waals surface area contributed by atoms with Crippen LogP contribution in [0.1, 0.15) is 25.3 Å². The van der Waals surface area contributed by atoms with Gasteiger partial charge in [0.25, 0.3) is 0 Å². The molecule has 2 rings (SSSR count). The summed E-state index contributed by atoms with van der Waals surface area (Å²) in [6.07, 6.45) is 2.24. The molecular weight excluding hydrogens is 174 g/mol. The minimum atomic E-state index is -0.0530. The monoisotopic (exact) mass is 191 g/mol. The fourth-order valence-corrected chi connectivity index (χ4v) is 1.68. The molecule has 1 fully saturated rings. The summed E-state index contributed by atoms with van der Waals surface area (Å²) in [5.41, 5.74) is 2.39. The third-order valence-electron chi connectivity index (χ3n) is 2.51. The fraction of sp³-hybridized carbons (Fsp3) is 0.500. The summed E-state index contributed by atoms with van der Waals surface area (Å²) in [5, 5.41) is 3.45. The second kappa shape index (κ2) is 3.62. The Morgan fingerprint density at radius 2 is 2.21 bits per heavy atom. The minimum Gasteiger partial charge on any atom is -0.358 e. The first kappa shape index (κ1) is 9.53. The third kappa shape index (κ3) is 2.07. The van der Waals surface area contributed by atoms with Crippen LogP contribution in [0.2, 0.25) is 0 Å². The zero-order valence-corrected chi connectivity index (χ0v) is 8.84. The van der Waals surface area contributed by atoms with Crippen LogP contribution < -0.4 is 5.32 Å². The average Bonchev–Trinajstić information content (AvgIpc) is 2.85. The summed E-state index contributed by atoms with van der Waals surface area (Å²) in [6, 6.07) is 8.41. The van der Waals surface area contributed by atoms with E-state index in [1.165, 1.54) is 5.56 Å². The SMILES string of the molecule is CCOC1(Nc2cccc(C)c2)CC1. The molecule has 14 heavy (non-hydrogen) atoms. The van der Waals surface area contributed by atoms with E-state index in [-0.39, 0.29) is 5.72 Å².